The first-order chi connectivity index (χ1) is 20.1. The van der Waals surface area contributed by atoms with Crippen molar-refractivity contribution >= 4 is 69.1 Å². The van der Waals surface area contributed by atoms with Gasteiger partial charge in [0.15, 0.2) is 0 Å². The summed E-state index contributed by atoms with van der Waals surface area (Å²) < 4.78 is 65.7. The molecule has 0 saturated heterocycles. The third kappa shape index (κ3) is 22.9. The third-order valence-electron chi connectivity index (χ3n) is 7.51. The Kier molecular flexibility index (Phi) is 25.9. The van der Waals surface area contributed by atoms with E-state index in [1.807, 2.05) is 12.1 Å². The summed E-state index contributed by atoms with van der Waals surface area (Å²) >= 11 is 0. The zero-order valence-corrected chi connectivity index (χ0v) is 32.8. The molecule has 240 valence electrons. The molecule has 9 heteroatoms. The molecule has 0 N–H and O–H groups in total. The number of hydrogen-bond acceptors (Lipinski definition) is 6. The summed E-state index contributed by atoms with van der Waals surface area (Å²) in [6.07, 6.45) is 24.5. The van der Waals surface area contributed by atoms with Crippen LogP contribution < -0.4 is 0 Å². The van der Waals surface area contributed by atoms with Crippen LogP contribution in [0, 0.1) is 0 Å². The van der Waals surface area contributed by atoms with E-state index in [-0.39, 0.29) is 58.7 Å². The Labute approximate surface area is 303 Å². The second-order valence-corrected chi connectivity index (χ2v) is 14.1. The Hall–Kier alpha value is -0.169. The van der Waals surface area contributed by atoms with Crippen LogP contribution in [-0.2, 0) is 33.1 Å². The smallest absolute Gasteiger partial charge is 0.744 e. The van der Waals surface area contributed by atoms with E-state index in [1.54, 1.807) is 12.1 Å². The number of unbranched alkanes of at least 4 members (excludes halogenated alkanes) is 16. The minimum atomic E-state index is -4.33. The van der Waals surface area contributed by atoms with Crippen molar-refractivity contribution < 1.29 is 25.9 Å². The molecule has 0 unspecified atom stereocenters. The summed E-state index contributed by atoms with van der Waals surface area (Å²) in [4.78, 5) is -0.230. The number of hydrogen-bond donors (Lipinski definition) is 0. The summed E-state index contributed by atoms with van der Waals surface area (Å²) in [5.41, 5.74) is 1.88. The molecule has 0 amide bonds. The van der Waals surface area contributed by atoms with Crippen molar-refractivity contribution in [3.05, 3.63) is 59.7 Å². The minimum absolute atomic E-state index is 0. The molecule has 2 aromatic rings. The Morgan fingerprint density at radius 1 is 0.465 bits per heavy atom. The van der Waals surface area contributed by atoms with Crippen molar-refractivity contribution in [2.75, 3.05) is 0 Å². The monoisotopic (exact) mass is 760 g/mol. The first-order valence-corrected chi connectivity index (χ1v) is 19.0. The van der Waals surface area contributed by atoms with Crippen molar-refractivity contribution in [2.45, 2.75) is 152 Å². The molecule has 0 aliphatic rings. The average Bonchev–Trinajstić information content (AvgIpc) is 2.95. The van der Waals surface area contributed by atoms with Crippen LogP contribution >= 0.6 is 0 Å². The molecule has 0 fully saturated rings. The van der Waals surface area contributed by atoms with Crippen LogP contribution in [0.15, 0.2) is 58.3 Å². The predicted octanol–water partition coefficient (Wildman–Crippen LogP) is 8.95. The third-order valence-corrected chi connectivity index (χ3v) is 9.17. The summed E-state index contributed by atoms with van der Waals surface area (Å²) in [5, 5.41) is 0. The molecule has 2 aromatic carbocycles. The van der Waals surface area contributed by atoms with Gasteiger partial charge in [-0.2, -0.15) is 0 Å². The van der Waals surface area contributed by atoms with Gasteiger partial charge in [0.25, 0.3) is 0 Å². The largest absolute Gasteiger partial charge is 2.00 e. The molecule has 0 atom stereocenters. The molecule has 0 bridgehead atoms. The van der Waals surface area contributed by atoms with E-state index in [4.69, 9.17) is 0 Å². The van der Waals surface area contributed by atoms with Gasteiger partial charge in [-0.15, -0.1) is 0 Å². The van der Waals surface area contributed by atoms with Crippen molar-refractivity contribution in [3.8, 4) is 0 Å². The molecule has 0 radical (unpaired) electrons. The van der Waals surface area contributed by atoms with E-state index in [0.717, 1.165) is 36.8 Å². The SMILES string of the molecule is CCCCCCCCCCCc1cccc(S(=O)(=O)[O-])c1.CCCCCCCCCCCc1cccc(S(=O)(=O)[O-])c1.[Ba+2]. The average molecular weight is 760 g/mol. The van der Waals surface area contributed by atoms with Gasteiger partial charge in [0.2, 0.25) is 0 Å². The number of rotatable bonds is 22. The molecular weight excluding hydrogens is 706 g/mol. The van der Waals surface area contributed by atoms with Crippen LogP contribution in [0.5, 0.6) is 0 Å². The van der Waals surface area contributed by atoms with Crippen LogP contribution in [0.4, 0.5) is 0 Å². The first-order valence-electron chi connectivity index (χ1n) is 16.2. The van der Waals surface area contributed by atoms with Gasteiger partial charge in [-0.05, 0) is 61.1 Å². The van der Waals surface area contributed by atoms with Crippen molar-refractivity contribution in [1.82, 2.24) is 0 Å². The van der Waals surface area contributed by atoms with Crippen LogP contribution in [0.25, 0.3) is 0 Å². The maximum atomic E-state index is 11.0. The van der Waals surface area contributed by atoms with Gasteiger partial charge in [0.1, 0.15) is 20.2 Å². The Bertz CT molecular complexity index is 1090. The van der Waals surface area contributed by atoms with Gasteiger partial charge in [0, 0.05) is 0 Å². The molecule has 0 heterocycles. The molecule has 0 saturated carbocycles. The zero-order chi connectivity index (χ0) is 31.1. The van der Waals surface area contributed by atoms with E-state index in [0.29, 0.717) is 0 Å². The van der Waals surface area contributed by atoms with E-state index < -0.39 is 20.2 Å². The molecular formula is C34H54BaO6S2. The topological polar surface area (TPSA) is 114 Å². The van der Waals surface area contributed by atoms with Crippen LogP contribution in [0.2, 0.25) is 0 Å². The molecule has 0 aliphatic heterocycles. The van der Waals surface area contributed by atoms with Crippen molar-refractivity contribution in [1.29, 1.82) is 0 Å². The molecule has 6 nitrogen and oxygen atoms in total. The molecule has 0 spiro atoms. The molecule has 0 aromatic heterocycles. The number of benzene rings is 2. The van der Waals surface area contributed by atoms with Gasteiger partial charge in [-0.25, -0.2) is 16.8 Å². The van der Waals surface area contributed by atoms with E-state index in [1.165, 1.54) is 127 Å². The Morgan fingerprint density at radius 2 is 0.744 bits per heavy atom. The van der Waals surface area contributed by atoms with E-state index in [2.05, 4.69) is 13.8 Å². The first kappa shape index (κ1) is 42.8. The second-order valence-electron chi connectivity index (χ2n) is 11.4. The van der Waals surface area contributed by atoms with Crippen LogP contribution in [0.3, 0.4) is 0 Å². The Balaban J connectivity index is 0.000000802. The fourth-order valence-corrected chi connectivity index (χ4v) is 6.07. The van der Waals surface area contributed by atoms with Gasteiger partial charge in [-0.1, -0.05) is 141 Å². The summed E-state index contributed by atoms with van der Waals surface area (Å²) in [7, 11) is -8.65. The predicted molar refractivity (Wildman–Crippen MR) is 176 cm³/mol. The molecule has 2 rings (SSSR count). The summed E-state index contributed by atoms with van der Waals surface area (Å²) in [6.45, 7) is 4.46. The quantitative estimate of drug-likeness (QED) is 0.0673. The van der Waals surface area contributed by atoms with E-state index >= 15 is 0 Å². The normalized spacial score (nSPS) is 11.4. The number of aryl methyl sites for hydroxylation is 2. The van der Waals surface area contributed by atoms with E-state index in [9.17, 15) is 25.9 Å². The van der Waals surface area contributed by atoms with Gasteiger partial charge >= 0.3 is 48.9 Å². The van der Waals surface area contributed by atoms with Crippen LogP contribution in [-0.4, -0.2) is 74.8 Å². The summed E-state index contributed by atoms with van der Waals surface area (Å²) in [6, 6.07) is 12.8. The second kappa shape index (κ2) is 26.0. The van der Waals surface area contributed by atoms with Crippen LogP contribution in [0.1, 0.15) is 141 Å². The van der Waals surface area contributed by atoms with Gasteiger partial charge in [-0.3, -0.25) is 0 Å². The minimum Gasteiger partial charge on any atom is -0.744 e. The van der Waals surface area contributed by atoms with Gasteiger partial charge in [0.05, 0.1) is 9.79 Å². The Morgan fingerprint density at radius 3 is 1.02 bits per heavy atom. The van der Waals surface area contributed by atoms with Crippen molar-refractivity contribution in [2.24, 2.45) is 0 Å². The molecule has 0 aliphatic carbocycles. The van der Waals surface area contributed by atoms with Crippen molar-refractivity contribution in [3.63, 3.8) is 0 Å². The standard InChI is InChI=1S/2C17H28O3S.Ba/c2*1-2-3-4-5-6-7-8-9-10-12-16-13-11-14-17(15-16)21(18,19)20;/h2*11,13-15H,2-10,12H2,1H3,(H,18,19,20);/q;;+2/p-2. The fourth-order valence-electron chi connectivity index (χ4n) is 4.99. The maximum Gasteiger partial charge on any atom is 2.00 e. The molecule has 43 heavy (non-hydrogen) atoms. The zero-order valence-electron chi connectivity index (χ0n) is 26.7. The summed E-state index contributed by atoms with van der Waals surface area (Å²) in [5.74, 6) is 0. The van der Waals surface area contributed by atoms with Gasteiger partial charge < -0.3 is 9.11 Å². The fraction of sp³-hybridized carbons (Fsp3) is 0.647. The maximum absolute atomic E-state index is 11.0.